The Balaban J connectivity index is 2.33. The number of nitrogens with two attached hydrogens (primary N) is 1. The van der Waals surface area contributed by atoms with Crippen LogP contribution >= 0.6 is 22.9 Å². The monoisotopic (exact) mass is 320 g/mol. The molecule has 0 aliphatic rings. The quantitative estimate of drug-likeness (QED) is 0.853. The lowest BCUT2D eigenvalue weighted by atomic mass is 10.3. The van der Waals surface area contributed by atoms with Crippen molar-refractivity contribution in [1.29, 1.82) is 0 Å². The minimum Gasteiger partial charge on any atom is -0.396 e. The van der Waals surface area contributed by atoms with E-state index in [0.29, 0.717) is 9.90 Å². The number of nitrogens with one attached hydrogen (secondary N) is 1. The van der Waals surface area contributed by atoms with Gasteiger partial charge in [0, 0.05) is 6.07 Å². The highest BCUT2D eigenvalue weighted by Gasteiger charge is 2.19. The van der Waals surface area contributed by atoms with Gasteiger partial charge in [-0.05, 0) is 30.7 Å². The Morgan fingerprint density at radius 1 is 1.37 bits per heavy atom. The topological polar surface area (TPSA) is 72.2 Å². The first-order chi connectivity index (χ1) is 8.79. The number of benzene rings is 1. The van der Waals surface area contributed by atoms with E-state index in [9.17, 15) is 12.8 Å². The summed E-state index contributed by atoms with van der Waals surface area (Å²) in [5.41, 5.74) is 6.06. The molecule has 3 N–H and O–H groups in total. The molecule has 8 heteroatoms. The van der Waals surface area contributed by atoms with Gasteiger partial charge in [-0.2, -0.15) is 0 Å². The molecule has 1 aromatic carbocycles. The maximum absolute atomic E-state index is 13.2. The van der Waals surface area contributed by atoms with Crippen molar-refractivity contribution in [2.45, 2.75) is 11.1 Å². The molecule has 0 unspecified atom stereocenters. The van der Waals surface area contributed by atoms with E-state index in [4.69, 9.17) is 17.3 Å². The molecular weight excluding hydrogens is 311 g/mol. The number of thiophene rings is 1. The van der Waals surface area contributed by atoms with E-state index in [0.717, 1.165) is 17.4 Å². The predicted molar refractivity (Wildman–Crippen MR) is 75.7 cm³/mol. The van der Waals surface area contributed by atoms with Crippen LogP contribution in [-0.4, -0.2) is 8.42 Å². The fraction of sp³-hybridized carbons (Fsp3) is 0.0909. The zero-order chi connectivity index (χ0) is 14.2. The van der Waals surface area contributed by atoms with Crippen molar-refractivity contribution in [3.63, 3.8) is 0 Å². The predicted octanol–water partition coefficient (Wildman–Crippen LogP) is 3.23. The molecule has 0 aliphatic carbocycles. The molecule has 1 aromatic heterocycles. The minimum atomic E-state index is -3.77. The molecule has 0 bridgehead atoms. The van der Waals surface area contributed by atoms with Gasteiger partial charge < -0.3 is 5.73 Å². The number of aryl methyl sites for hydroxylation is 1. The molecule has 0 spiro atoms. The third-order valence-electron chi connectivity index (χ3n) is 2.35. The Morgan fingerprint density at radius 2 is 2.05 bits per heavy atom. The molecule has 2 aromatic rings. The molecule has 1 heterocycles. The fourth-order valence-corrected chi connectivity index (χ4v) is 4.12. The molecule has 0 radical (unpaired) electrons. The standard InChI is InChI=1S/C11H10ClFN2O2S2/c1-6-4-10(18-11(6)12)19(16,17)15-7-2-3-9(14)8(13)5-7/h2-5,15H,14H2,1H3. The van der Waals surface area contributed by atoms with Crippen LogP contribution in [0.2, 0.25) is 4.34 Å². The molecule has 4 nitrogen and oxygen atoms in total. The number of hydrogen-bond acceptors (Lipinski definition) is 4. The number of sulfonamides is 1. The van der Waals surface area contributed by atoms with Crippen molar-refractivity contribution in [3.8, 4) is 0 Å². The van der Waals surface area contributed by atoms with Crippen LogP contribution in [-0.2, 0) is 10.0 Å². The van der Waals surface area contributed by atoms with Gasteiger partial charge in [0.15, 0.2) is 0 Å². The number of anilines is 2. The van der Waals surface area contributed by atoms with Gasteiger partial charge in [-0.3, -0.25) is 4.72 Å². The van der Waals surface area contributed by atoms with Crippen LogP contribution < -0.4 is 10.5 Å². The maximum atomic E-state index is 13.2. The number of hydrogen-bond donors (Lipinski definition) is 2. The fourth-order valence-electron chi connectivity index (χ4n) is 1.36. The third-order valence-corrected chi connectivity index (χ3v) is 5.76. The molecule has 0 saturated heterocycles. The maximum Gasteiger partial charge on any atom is 0.271 e. The van der Waals surface area contributed by atoms with E-state index >= 15 is 0 Å². The van der Waals surface area contributed by atoms with E-state index in [-0.39, 0.29) is 15.6 Å². The summed E-state index contributed by atoms with van der Waals surface area (Å²) in [4.78, 5) is 0. The molecule has 0 fully saturated rings. The highest BCUT2D eigenvalue weighted by molar-refractivity contribution is 7.94. The van der Waals surface area contributed by atoms with Crippen LogP contribution in [0.25, 0.3) is 0 Å². The summed E-state index contributed by atoms with van der Waals surface area (Å²) in [6, 6.07) is 5.16. The summed E-state index contributed by atoms with van der Waals surface area (Å²) in [6.45, 7) is 1.71. The van der Waals surface area contributed by atoms with Crippen molar-refractivity contribution in [2.75, 3.05) is 10.5 Å². The molecule has 102 valence electrons. The summed E-state index contributed by atoms with van der Waals surface area (Å²) >= 11 is 6.78. The summed E-state index contributed by atoms with van der Waals surface area (Å²) in [7, 11) is -3.77. The van der Waals surface area contributed by atoms with E-state index in [1.807, 2.05) is 0 Å². The summed E-state index contributed by atoms with van der Waals surface area (Å²) in [6.07, 6.45) is 0. The summed E-state index contributed by atoms with van der Waals surface area (Å²) in [5.74, 6) is -0.680. The average molecular weight is 321 g/mol. The van der Waals surface area contributed by atoms with E-state index < -0.39 is 15.8 Å². The van der Waals surface area contributed by atoms with E-state index in [1.54, 1.807) is 6.92 Å². The van der Waals surface area contributed by atoms with Gasteiger partial charge in [0.05, 0.1) is 15.7 Å². The van der Waals surface area contributed by atoms with Crippen LogP contribution in [0.15, 0.2) is 28.5 Å². The first kappa shape index (κ1) is 14.1. The third kappa shape index (κ3) is 2.99. The van der Waals surface area contributed by atoms with Crippen LogP contribution in [0, 0.1) is 12.7 Å². The molecule has 19 heavy (non-hydrogen) atoms. The smallest absolute Gasteiger partial charge is 0.271 e. The molecule has 0 aliphatic heterocycles. The van der Waals surface area contributed by atoms with Gasteiger partial charge in [0.2, 0.25) is 0 Å². The Labute approximate surface area is 119 Å². The van der Waals surface area contributed by atoms with Gasteiger partial charge in [-0.15, -0.1) is 11.3 Å². The Morgan fingerprint density at radius 3 is 2.58 bits per heavy atom. The van der Waals surface area contributed by atoms with Gasteiger partial charge in [0.25, 0.3) is 10.0 Å². The van der Waals surface area contributed by atoms with E-state index in [2.05, 4.69) is 4.72 Å². The second-order valence-electron chi connectivity index (χ2n) is 3.86. The highest BCUT2D eigenvalue weighted by Crippen LogP contribution is 2.31. The van der Waals surface area contributed by atoms with Gasteiger partial charge in [0.1, 0.15) is 10.0 Å². The zero-order valence-electron chi connectivity index (χ0n) is 9.78. The Hall–Kier alpha value is -1.31. The van der Waals surface area contributed by atoms with Gasteiger partial charge in [-0.25, -0.2) is 12.8 Å². The van der Waals surface area contributed by atoms with Crippen LogP contribution in [0.3, 0.4) is 0 Å². The Kier molecular flexibility index (Phi) is 3.71. The molecule has 2 rings (SSSR count). The van der Waals surface area contributed by atoms with Crippen molar-refractivity contribution in [3.05, 3.63) is 40.0 Å². The Bertz CT molecular complexity index is 709. The van der Waals surface area contributed by atoms with E-state index in [1.165, 1.54) is 18.2 Å². The average Bonchev–Trinajstić information content (AvgIpc) is 2.65. The van der Waals surface area contributed by atoms with Crippen molar-refractivity contribution in [1.82, 2.24) is 0 Å². The second-order valence-corrected chi connectivity index (χ2v) is 7.43. The van der Waals surface area contributed by atoms with Gasteiger partial charge in [-0.1, -0.05) is 11.6 Å². The van der Waals surface area contributed by atoms with Crippen LogP contribution in [0.1, 0.15) is 5.56 Å². The largest absolute Gasteiger partial charge is 0.396 e. The number of nitrogen functional groups attached to an aromatic ring is 1. The van der Waals surface area contributed by atoms with Crippen LogP contribution in [0.4, 0.5) is 15.8 Å². The lowest BCUT2D eigenvalue weighted by Crippen LogP contribution is -2.11. The van der Waals surface area contributed by atoms with Crippen LogP contribution in [0.5, 0.6) is 0 Å². The van der Waals surface area contributed by atoms with Crippen molar-refractivity contribution in [2.24, 2.45) is 0 Å². The van der Waals surface area contributed by atoms with Crippen molar-refractivity contribution >= 4 is 44.3 Å². The molecular formula is C11H10ClFN2O2S2. The number of halogens is 2. The SMILES string of the molecule is Cc1cc(S(=O)(=O)Nc2ccc(N)c(F)c2)sc1Cl. The number of rotatable bonds is 3. The normalized spacial score (nSPS) is 11.5. The molecule has 0 saturated carbocycles. The minimum absolute atomic E-state index is 0.0436. The zero-order valence-corrected chi connectivity index (χ0v) is 12.2. The van der Waals surface area contributed by atoms with Crippen molar-refractivity contribution < 1.29 is 12.8 Å². The molecule has 0 amide bonds. The lowest BCUT2D eigenvalue weighted by Gasteiger charge is -2.06. The first-order valence-corrected chi connectivity index (χ1v) is 7.81. The molecule has 0 atom stereocenters. The first-order valence-electron chi connectivity index (χ1n) is 5.13. The summed E-state index contributed by atoms with van der Waals surface area (Å²) < 4.78 is 40.1. The highest BCUT2D eigenvalue weighted by atomic mass is 35.5. The second kappa shape index (κ2) is 4.99. The lowest BCUT2D eigenvalue weighted by molar-refractivity contribution is 0.603. The summed E-state index contributed by atoms with van der Waals surface area (Å²) in [5, 5.41) is 0. The van der Waals surface area contributed by atoms with Gasteiger partial charge >= 0.3 is 0 Å².